The summed E-state index contributed by atoms with van der Waals surface area (Å²) in [5.74, 6) is 3.32. The van der Waals surface area contributed by atoms with Crippen LogP contribution in [0.1, 0.15) is 67.7 Å². The van der Waals surface area contributed by atoms with Gasteiger partial charge in [0.2, 0.25) is 0 Å². The Morgan fingerprint density at radius 1 is 0.919 bits per heavy atom. The van der Waals surface area contributed by atoms with Crippen LogP contribution >= 0.6 is 0 Å². The number of aliphatic imine (C=N–C) groups is 1. The third-order valence-corrected chi connectivity index (χ3v) is 7.82. The van der Waals surface area contributed by atoms with Crippen LogP contribution in [0.2, 0.25) is 0 Å². The number of aryl methyl sites for hydroxylation is 1. The normalized spacial score (nSPS) is 17.4. The zero-order valence-electron chi connectivity index (χ0n) is 22.5. The van der Waals surface area contributed by atoms with E-state index < -0.39 is 0 Å². The Bertz CT molecular complexity index is 1360. The number of rotatable bonds is 5. The van der Waals surface area contributed by atoms with E-state index in [0.717, 1.165) is 67.9 Å². The summed E-state index contributed by atoms with van der Waals surface area (Å²) < 4.78 is 6.23. The van der Waals surface area contributed by atoms with Crippen molar-refractivity contribution >= 4 is 17.2 Å². The Kier molecular flexibility index (Phi) is 6.45. The first-order valence-corrected chi connectivity index (χ1v) is 13.7. The van der Waals surface area contributed by atoms with Crippen molar-refractivity contribution in [1.29, 1.82) is 0 Å². The maximum absolute atomic E-state index is 6.23. The van der Waals surface area contributed by atoms with Crippen molar-refractivity contribution in [2.24, 2.45) is 4.99 Å². The summed E-state index contributed by atoms with van der Waals surface area (Å²) in [6, 6.07) is 13.2. The summed E-state index contributed by atoms with van der Waals surface area (Å²) in [6.07, 6.45) is 3.50. The molecule has 0 aliphatic carbocycles. The molecule has 6 nitrogen and oxygen atoms in total. The van der Waals surface area contributed by atoms with E-state index in [1.54, 1.807) is 0 Å². The van der Waals surface area contributed by atoms with Gasteiger partial charge in [-0.1, -0.05) is 32.0 Å². The fraction of sp³-hybridized carbons (Fsp3) is 0.452. The zero-order chi connectivity index (χ0) is 25.5. The van der Waals surface area contributed by atoms with E-state index in [9.17, 15) is 0 Å². The molecule has 37 heavy (non-hydrogen) atoms. The average molecular weight is 496 g/mol. The largest absolute Gasteiger partial charge is 0.491 e. The Morgan fingerprint density at radius 2 is 1.70 bits per heavy atom. The number of fused-ring (bicyclic) bond motifs is 2. The lowest BCUT2D eigenvalue weighted by molar-refractivity contribution is 0.321. The van der Waals surface area contributed by atoms with Gasteiger partial charge >= 0.3 is 0 Å². The third-order valence-electron chi connectivity index (χ3n) is 7.82. The molecule has 3 aliphatic rings. The van der Waals surface area contributed by atoms with Gasteiger partial charge in [0.05, 0.1) is 18.8 Å². The molecule has 192 valence electrons. The van der Waals surface area contributed by atoms with Gasteiger partial charge in [-0.15, -0.1) is 0 Å². The molecule has 0 unspecified atom stereocenters. The van der Waals surface area contributed by atoms with Gasteiger partial charge in [0.15, 0.2) is 0 Å². The van der Waals surface area contributed by atoms with Gasteiger partial charge in [-0.2, -0.15) is 0 Å². The van der Waals surface area contributed by atoms with E-state index in [-0.39, 0.29) is 0 Å². The van der Waals surface area contributed by atoms with Gasteiger partial charge < -0.3 is 9.64 Å². The number of hydrogen-bond donors (Lipinski definition) is 0. The van der Waals surface area contributed by atoms with E-state index in [1.807, 2.05) is 0 Å². The van der Waals surface area contributed by atoms with Crippen molar-refractivity contribution in [3.05, 3.63) is 64.6 Å². The number of likely N-dealkylation sites (tertiary alicyclic amines) is 1. The highest BCUT2D eigenvalue weighted by Gasteiger charge is 2.25. The van der Waals surface area contributed by atoms with E-state index >= 15 is 0 Å². The Hall–Kier alpha value is -3.25. The number of hydrogen-bond acceptors (Lipinski definition) is 6. The lowest BCUT2D eigenvalue weighted by Crippen LogP contribution is -2.29. The van der Waals surface area contributed by atoms with Crippen molar-refractivity contribution in [3.8, 4) is 16.9 Å². The zero-order valence-corrected chi connectivity index (χ0v) is 22.5. The van der Waals surface area contributed by atoms with Gasteiger partial charge in [0.1, 0.15) is 24.0 Å². The second-order valence-electron chi connectivity index (χ2n) is 11.1. The van der Waals surface area contributed by atoms with Crippen molar-refractivity contribution in [1.82, 2.24) is 14.9 Å². The van der Waals surface area contributed by atoms with Crippen LogP contribution in [0, 0.1) is 6.92 Å². The Balaban J connectivity index is 1.34. The molecule has 0 saturated carbocycles. The van der Waals surface area contributed by atoms with Crippen molar-refractivity contribution in [2.45, 2.75) is 66.0 Å². The molecular formula is C31H37N5O. The molecule has 2 aromatic carbocycles. The van der Waals surface area contributed by atoms with Crippen LogP contribution in [0.15, 0.2) is 41.4 Å². The van der Waals surface area contributed by atoms with Crippen LogP contribution in [0.3, 0.4) is 0 Å². The van der Waals surface area contributed by atoms with Crippen LogP contribution in [-0.2, 0) is 19.5 Å². The predicted octanol–water partition coefficient (Wildman–Crippen LogP) is 6.22. The van der Waals surface area contributed by atoms with Crippen molar-refractivity contribution in [3.63, 3.8) is 0 Å². The summed E-state index contributed by atoms with van der Waals surface area (Å²) in [7, 11) is 0. The second kappa shape index (κ2) is 9.90. The lowest BCUT2D eigenvalue weighted by atomic mass is 9.99. The summed E-state index contributed by atoms with van der Waals surface area (Å²) in [4.78, 5) is 19.8. The van der Waals surface area contributed by atoms with Crippen LogP contribution < -0.4 is 9.64 Å². The molecule has 1 saturated heterocycles. The fourth-order valence-electron chi connectivity index (χ4n) is 6.02. The first-order valence-electron chi connectivity index (χ1n) is 13.7. The highest BCUT2D eigenvalue weighted by Crippen LogP contribution is 2.36. The van der Waals surface area contributed by atoms with Crippen LogP contribution in [0.5, 0.6) is 5.75 Å². The van der Waals surface area contributed by atoms with Crippen LogP contribution in [0.4, 0.5) is 11.5 Å². The average Bonchev–Trinajstić information content (AvgIpc) is 3.45. The predicted molar refractivity (Wildman–Crippen MR) is 150 cm³/mol. The van der Waals surface area contributed by atoms with Crippen LogP contribution in [-0.4, -0.2) is 46.8 Å². The standard InChI is InChI=1S/C31H37N5O/c1-20(2)30-22(4)33-29(19-35-11-5-6-12-35)34-31(30)36-13-14-37-28-10-9-23(16-26(28)18-36)24-7-8-25-15-21(3)32-27(25)17-24/h7-10,16-17,20H,5-6,11-15,18-19H2,1-4H3. The van der Waals surface area contributed by atoms with E-state index in [1.165, 1.54) is 46.4 Å². The SMILES string of the molecule is CC1=Nc2cc(-c3ccc4c(c3)CN(c3nc(CN5CCCC5)nc(C)c3C(C)C)CCO4)ccc2C1. The molecule has 1 aromatic heterocycles. The molecule has 0 radical (unpaired) electrons. The minimum absolute atomic E-state index is 0.348. The number of ether oxygens (including phenoxy) is 1. The maximum Gasteiger partial charge on any atom is 0.144 e. The highest BCUT2D eigenvalue weighted by molar-refractivity contribution is 5.93. The minimum Gasteiger partial charge on any atom is -0.491 e. The van der Waals surface area contributed by atoms with E-state index in [0.29, 0.717) is 12.5 Å². The number of aromatic nitrogens is 2. The number of nitrogens with zero attached hydrogens (tertiary/aromatic N) is 5. The first kappa shape index (κ1) is 24.1. The second-order valence-corrected chi connectivity index (χ2v) is 11.1. The molecule has 0 bridgehead atoms. The lowest BCUT2D eigenvalue weighted by Gasteiger charge is -2.27. The quantitative estimate of drug-likeness (QED) is 0.421. The Morgan fingerprint density at radius 3 is 2.51 bits per heavy atom. The van der Waals surface area contributed by atoms with Gasteiger partial charge in [0.25, 0.3) is 0 Å². The maximum atomic E-state index is 6.23. The third kappa shape index (κ3) is 4.87. The Labute approximate surface area is 220 Å². The van der Waals surface area contributed by atoms with E-state index in [2.05, 4.69) is 73.9 Å². The van der Waals surface area contributed by atoms with Crippen molar-refractivity contribution in [2.75, 3.05) is 31.1 Å². The molecule has 1 fully saturated rings. The molecule has 0 N–H and O–H groups in total. The van der Waals surface area contributed by atoms with Gasteiger partial charge in [0, 0.05) is 35.5 Å². The first-order chi connectivity index (χ1) is 17.9. The van der Waals surface area contributed by atoms with Gasteiger partial charge in [-0.05, 0) is 80.6 Å². The highest BCUT2D eigenvalue weighted by atomic mass is 16.5. The molecule has 0 spiro atoms. The minimum atomic E-state index is 0.348. The van der Waals surface area contributed by atoms with E-state index in [4.69, 9.17) is 19.7 Å². The molecule has 4 heterocycles. The fourth-order valence-corrected chi connectivity index (χ4v) is 6.02. The molecule has 3 aromatic rings. The molecule has 0 atom stereocenters. The van der Waals surface area contributed by atoms with Crippen molar-refractivity contribution < 1.29 is 4.74 Å². The summed E-state index contributed by atoms with van der Waals surface area (Å²) >= 11 is 0. The molecule has 6 heteroatoms. The summed E-state index contributed by atoms with van der Waals surface area (Å²) in [5.41, 5.74) is 9.54. The molecule has 6 rings (SSSR count). The summed E-state index contributed by atoms with van der Waals surface area (Å²) in [5, 5.41) is 0. The van der Waals surface area contributed by atoms with Crippen LogP contribution in [0.25, 0.3) is 11.1 Å². The molecule has 3 aliphatic heterocycles. The molecular weight excluding hydrogens is 458 g/mol. The van der Waals surface area contributed by atoms with Gasteiger partial charge in [-0.25, -0.2) is 9.97 Å². The summed E-state index contributed by atoms with van der Waals surface area (Å²) in [6.45, 7) is 14.1. The smallest absolute Gasteiger partial charge is 0.144 e. The molecule has 0 amide bonds. The number of benzene rings is 2. The van der Waals surface area contributed by atoms with Gasteiger partial charge in [-0.3, -0.25) is 9.89 Å². The topological polar surface area (TPSA) is 53.9 Å². The monoisotopic (exact) mass is 495 g/mol. The number of anilines is 1.